The molecular formula is C32H33N5O2. The van der Waals surface area contributed by atoms with Gasteiger partial charge in [0.15, 0.2) is 0 Å². The van der Waals surface area contributed by atoms with Gasteiger partial charge >= 0.3 is 0 Å². The number of fused-ring (bicyclic) bond motifs is 2. The minimum absolute atomic E-state index is 0.228. The number of benzene rings is 3. The maximum absolute atomic E-state index is 5.60. The molecule has 0 unspecified atom stereocenters. The average Bonchev–Trinajstić information content (AvgIpc) is 2.97. The highest BCUT2D eigenvalue weighted by Gasteiger charge is 2.22. The predicted octanol–water partition coefficient (Wildman–Crippen LogP) is 6.44. The van der Waals surface area contributed by atoms with Crippen molar-refractivity contribution in [2.45, 2.75) is 44.8 Å². The Kier molecular flexibility index (Phi) is 6.99. The summed E-state index contributed by atoms with van der Waals surface area (Å²) in [6.45, 7) is 2.11. The molecule has 1 aliphatic heterocycles. The van der Waals surface area contributed by atoms with E-state index in [0.717, 1.165) is 70.5 Å². The summed E-state index contributed by atoms with van der Waals surface area (Å²) < 4.78 is 13.4. The SMILES string of the molecule is COc1ncccc1Nc1cc2nc3ccccc3n(-c3ccc(C)cc3)c-2cc1=NC1CCC(OC)CC1. The summed E-state index contributed by atoms with van der Waals surface area (Å²) in [7, 11) is 3.43. The Hall–Kier alpha value is -4.23. The number of hydrogen-bond donors (Lipinski definition) is 1. The van der Waals surface area contributed by atoms with Crippen LogP contribution in [0.3, 0.4) is 0 Å². The fourth-order valence-electron chi connectivity index (χ4n) is 5.42. The van der Waals surface area contributed by atoms with E-state index < -0.39 is 0 Å². The largest absolute Gasteiger partial charge is 0.480 e. The molecule has 198 valence electrons. The van der Waals surface area contributed by atoms with Gasteiger partial charge in [0.1, 0.15) is 5.69 Å². The Balaban J connectivity index is 1.58. The quantitative estimate of drug-likeness (QED) is 0.261. The molecule has 0 radical (unpaired) electrons. The molecule has 2 heterocycles. The highest BCUT2D eigenvalue weighted by molar-refractivity contribution is 5.84. The highest BCUT2D eigenvalue weighted by atomic mass is 16.5. The third kappa shape index (κ3) is 5.10. The number of para-hydroxylation sites is 2. The molecule has 2 aromatic carbocycles. The van der Waals surface area contributed by atoms with Crippen molar-refractivity contribution in [2.75, 3.05) is 19.5 Å². The first kappa shape index (κ1) is 25.1. The van der Waals surface area contributed by atoms with Gasteiger partial charge in [-0.25, -0.2) is 9.97 Å². The van der Waals surface area contributed by atoms with E-state index in [1.807, 2.05) is 18.2 Å². The van der Waals surface area contributed by atoms with E-state index in [9.17, 15) is 0 Å². The predicted molar refractivity (Wildman–Crippen MR) is 155 cm³/mol. The summed E-state index contributed by atoms with van der Waals surface area (Å²) in [6, 6.07) is 25.2. The summed E-state index contributed by atoms with van der Waals surface area (Å²) in [4.78, 5) is 14.7. The molecule has 0 bridgehead atoms. The topological polar surface area (TPSA) is 73.6 Å². The molecule has 0 spiro atoms. The van der Waals surface area contributed by atoms with Crippen LogP contribution in [0.4, 0.5) is 11.4 Å². The number of nitrogens with zero attached hydrogens (tertiary/aromatic N) is 4. The second-order valence-electron chi connectivity index (χ2n) is 10.1. The van der Waals surface area contributed by atoms with Crippen LogP contribution in [0.2, 0.25) is 0 Å². The molecule has 39 heavy (non-hydrogen) atoms. The van der Waals surface area contributed by atoms with Gasteiger partial charge < -0.3 is 19.4 Å². The van der Waals surface area contributed by atoms with Gasteiger partial charge in [-0.15, -0.1) is 0 Å². The normalized spacial score (nSPS) is 18.0. The van der Waals surface area contributed by atoms with Crippen LogP contribution in [0.15, 0.2) is 84.0 Å². The zero-order chi connectivity index (χ0) is 26.8. The lowest BCUT2D eigenvalue weighted by atomic mass is 9.93. The van der Waals surface area contributed by atoms with Crippen LogP contribution in [0.5, 0.6) is 5.88 Å². The number of anilines is 2. The van der Waals surface area contributed by atoms with E-state index in [2.05, 4.69) is 76.4 Å². The van der Waals surface area contributed by atoms with Crippen molar-refractivity contribution in [1.29, 1.82) is 0 Å². The van der Waals surface area contributed by atoms with Crippen LogP contribution < -0.4 is 15.4 Å². The molecule has 0 amide bonds. The second-order valence-corrected chi connectivity index (χ2v) is 10.1. The summed E-state index contributed by atoms with van der Waals surface area (Å²) in [6.07, 6.45) is 6.09. The summed E-state index contributed by atoms with van der Waals surface area (Å²) >= 11 is 0. The number of nitrogens with one attached hydrogen (secondary N) is 1. The molecular weight excluding hydrogens is 486 g/mol. The van der Waals surface area contributed by atoms with E-state index >= 15 is 0 Å². The lowest BCUT2D eigenvalue weighted by molar-refractivity contribution is 0.0663. The summed E-state index contributed by atoms with van der Waals surface area (Å²) in [5, 5.41) is 4.45. The van der Waals surface area contributed by atoms with Gasteiger partial charge in [-0.2, -0.15) is 0 Å². The van der Waals surface area contributed by atoms with Crippen LogP contribution in [0, 0.1) is 6.92 Å². The minimum atomic E-state index is 0.228. The van der Waals surface area contributed by atoms with Crippen molar-refractivity contribution in [3.63, 3.8) is 0 Å². The van der Waals surface area contributed by atoms with Crippen molar-refractivity contribution in [1.82, 2.24) is 14.5 Å². The van der Waals surface area contributed by atoms with E-state index in [-0.39, 0.29) is 6.04 Å². The molecule has 3 aromatic rings. The minimum Gasteiger partial charge on any atom is -0.480 e. The van der Waals surface area contributed by atoms with E-state index in [0.29, 0.717) is 12.0 Å². The first-order valence-electron chi connectivity index (χ1n) is 13.5. The standard InChI is InChI=1S/C32H33N5O2/c1-21-10-14-23(15-11-21)37-30-9-5-4-7-25(30)35-29-19-27(36-26-8-6-18-33-32(26)39-3)28(20-31(29)37)34-22-12-16-24(38-2)17-13-22/h4-11,14-15,18-20,22,24,36H,12-13,16-17H2,1-3H3. The summed E-state index contributed by atoms with van der Waals surface area (Å²) in [5.41, 5.74) is 7.83. The lowest BCUT2D eigenvalue weighted by Crippen LogP contribution is -2.25. The Bertz CT molecular complexity index is 1640. The van der Waals surface area contributed by atoms with Gasteiger partial charge in [0.2, 0.25) is 5.88 Å². The number of methoxy groups -OCH3 is 2. The van der Waals surface area contributed by atoms with Crippen molar-refractivity contribution < 1.29 is 9.47 Å². The molecule has 1 fully saturated rings. The lowest BCUT2D eigenvalue weighted by Gasteiger charge is -2.25. The molecule has 7 heteroatoms. The van der Waals surface area contributed by atoms with Gasteiger partial charge in [0.05, 0.1) is 52.7 Å². The van der Waals surface area contributed by atoms with E-state index in [4.69, 9.17) is 19.5 Å². The van der Waals surface area contributed by atoms with Crippen molar-refractivity contribution in [3.05, 3.63) is 89.9 Å². The molecule has 0 atom stereocenters. The monoisotopic (exact) mass is 519 g/mol. The Labute approximate surface area is 228 Å². The first-order valence-corrected chi connectivity index (χ1v) is 13.5. The van der Waals surface area contributed by atoms with Crippen molar-refractivity contribution in [2.24, 2.45) is 4.99 Å². The maximum Gasteiger partial charge on any atom is 0.237 e. The molecule has 2 aliphatic carbocycles. The smallest absolute Gasteiger partial charge is 0.237 e. The van der Waals surface area contributed by atoms with Crippen LogP contribution >= 0.6 is 0 Å². The molecule has 3 aliphatic rings. The average molecular weight is 520 g/mol. The van der Waals surface area contributed by atoms with Crippen LogP contribution in [0.25, 0.3) is 28.1 Å². The van der Waals surface area contributed by atoms with Gasteiger partial charge in [-0.05, 0) is 81.1 Å². The fraction of sp³-hybridized carbons (Fsp3) is 0.281. The molecule has 7 nitrogen and oxygen atoms in total. The molecule has 1 N–H and O–H groups in total. The molecule has 6 rings (SSSR count). The van der Waals surface area contributed by atoms with Crippen LogP contribution in [-0.2, 0) is 4.74 Å². The van der Waals surface area contributed by atoms with Gasteiger partial charge in [-0.1, -0.05) is 29.8 Å². The number of aryl methyl sites for hydroxylation is 1. The highest BCUT2D eigenvalue weighted by Crippen LogP contribution is 2.32. The van der Waals surface area contributed by atoms with Gasteiger partial charge in [0.25, 0.3) is 0 Å². The Morgan fingerprint density at radius 1 is 0.897 bits per heavy atom. The van der Waals surface area contributed by atoms with E-state index in [1.54, 1.807) is 20.4 Å². The number of aromatic nitrogens is 3. The van der Waals surface area contributed by atoms with Crippen molar-refractivity contribution in [3.8, 4) is 23.0 Å². The zero-order valence-electron chi connectivity index (χ0n) is 22.6. The maximum atomic E-state index is 5.60. The second kappa shape index (κ2) is 10.9. The number of ether oxygens (including phenoxy) is 2. The molecule has 1 aromatic heterocycles. The number of pyridine rings is 1. The Morgan fingerprint density at radius 2 is 1.69 bits per heavy atom. The third-order valence-electron chi connectivity index (χ3n) is 7.52. The number of rotatable bonds is 6. The van der Waals surface area contributed by atoms with Crippen LogP contribution in [0.1, 0.15) is 31.2 Å². The third-order valence-corrected chi connectivity index (χ3v) is 7.52. The van der Waals surface area contributed by atoms with E-state index in [1.165, 1.54) is 5.56 Å². The fourth-order valence-corrected chi connectivity index (χ4v) is 5.42. The molecule has 1 saturated carbocycles. The summed E-state index contributed by atoms with van der Waals surface area (Å²) in [5.74, 6) is 0.533. The zero-order valence-corrected chi connectivity index (χ0v) is 22.6. The van der Waals surface area contributed by atoms with Gasteiger partial charge in [0, 0.05) is 19.0 Å². The van der Waals surface area contributed by atoms with Crippen LogP contribution in [-0.4, -0.2) is 40.9 Å². The Morgan fingerprint density at radius 3 is 2.46 bits per heavy atom. The van der Waals surface area contributed by atoms with Gasteiger partial charge in [-0.3, -0.25) is 4.99 Å². The first-order chi connectivity index (χ1) is 19.1. The number of hydrogen-bond acceptors (Lipinski definition) is 6. The van der Waals surface area contributed by atoms with Crippen molar-refractivity contribution >= 4 is 22.4 Å². The molecule has 0 saturated heterocycles.